The standard InChI is InChI=1S/C18H22N2O3S/c1-2-23-17-5-3-4-13-14(17)6-7-15(13)20-18(22)19-10-16(21)12-8-9-24-11-12/h3-5,8-9,11,15-16,21H,2,6-7,10H2,1H3,(H2,19,20,22)/t15-,16-/m1/s1. The number of urea groups is 1. The van der Waals surface area contributed by atoms with Crippen molar-refractivity contribution in [3.8, 4) is 5.75 Å². The lowest BCUT2D eigenvalue weighted by molar-refractivity contribution is 0.173. The lowest BCUT2D eigenvalue weighted by atomic mass is 10.1. The first-order valence-electron chi connectivity index (χ1n) is 8.18. The Hall–Kier alpha value is -2.05. The summed E-state index contributed by atoms with van der Waals surface area (Å²) in [5.74, 6) is 0.910. The van der Waals surface area contributed by atoms with Gasteiger partial charge in [0.25, 0.3) is 0 Å². The van der Waals surface area contributed by atoms with Crippen molar-refractivity contribution < 1.29 is 14.6 Å². The van der Waals surface area contributed by atoms with Crippen LogP contribution in [-0.2, 0) is 6.42 Å². The van der Waals surface area contributed by atoms with Crippen LogP contribution >= 0.6 is 11.3 Å². The lowest BCUT2D eigenvalue weighted by Gasteiger charge is -2.17. The van der Waals surface area contributed by atoms with Crippen LogP contribution in [0, 0.1) is 0 Å². The van der Waals surface area contributed by atoms with Crippen LogP contribution in [0.4, 0.5) is 4.79 Å². The molecule has 0 fully saturated rings. The molecule has 2 aromatic rings. The Bertz CT molecular complexity index is 688. The maximum absolute atomic E-state index is 12.1. The predicted molar refractivity (Wildman–Crippen MR) is 94.5 cm³/mol. The fraction of sp³-hybridized carbons (Fsp3) is 0.389. The average Bonchev–Trinajstić information content (AvgIpc) is 3.24. The highest BCUT2D eigenvalue weighted by atomic mass is 32.1. The molecule has 1 heterocycles. The van der Waals surface area contributed by atoms with Crippen LogP contribution in [0.3, 0.4) is 0 Å². The molecule has 0 bridgehead atoms. The minimum atomic E-state index is -0.678. The van der Waals surface area contributed by atoms with Crippen molar-refractivity contribution in [1.82, 2.24) is 10.6 Å². The number of carbonyl (C=O) groups is 1. The zero-order chi connectivity index (χ0) is 16.9. The highest BCUT2D eigenvalue weighted by Crippen LogP contribution is 2.36. The molecular formula is C18H22N2O3S. The molecule has 0 radical (unpaired) electrons. The number of rotatable bonds is 6. The number of carbonyl (C=O) groups excluding carboxylic acids is 1. The number of fused-ring (bicyclic) bond motifs is 1. The fourth-order valence-electron chi connectivity index (χ4n) is 3.04. The topological polar surface area (TPSA) is 70.6 Å². The van der Waals surface area contributed by atoms with Gasteiger partial charge >= 0.3 is 6.03 Å². The second-order valence-corrected chi connectivity index (χ2v) is 6.56. The second kappa shape index (κ2) is 7.68. The fourth-order valence-corrected chi connectivity index (χ4v) is 3.75. The van der Waals surface area contributed by atoms with E-state index in [0.717, 1.165) is 29.7 Å². The highest BCUT2D eigenvalue weighted by molar-refractivity contribution is 7.07. The number of thiophene rings is 1. The molecule has 24 heavy (non-hydrogen) atoms. The smallest absolute Gasteiger partial charge is 0.315 e. The lowest BCUT2D eigenvalue weighted by Crippen LogP contribution is -2.39. The van der Waals surface area contributed by atoms with Crippen molar-refractivity contribution in [2.75, 3.05) is 13.2 Å². The number of aliphatic hydroxyl groups is 1. The molecule has 1 aliphatic carbocycles. The monoisotopic (exact) mass is 346 g/mol. The third-order valence-electron chi connectivity index (χ3n) is 4.22. The predicted octanol–water partition coefficient (Wildman–Crippen LogP) is 3.17. The van der Waals surface area contributed by atoms with Crippen LogP contribution in [0.2, 0.25) is 0 Å². The molecule has 0 spiro atoms. The molecule has 5 nitrogen and oxygen atoms in total. The zero-order valence-electron chi connectivity index (χ0n) is 13.6. The van der Waals surface area contributed by atoms with E-state index in [9.17, 15) is 9.90 Å². The van der Waals surface area contributed by atoms with Crippen LogP contribution < -0.4 is 15.4 Å². The van der Waals surface area contributed by atoms with Crippen LogP contribution in [-0.4, -0.2) is 24.3 Å². The van der Waals surface area contributed by atoms with Crippen molar-refractivity contribution in [3.63, 3.8) is 0 Å². The first-order valence-corrected chi connectivity index (χ1v) is 9.12. The zero-order valence-corrected chi connectivity index (χ0v) is 14.4. The first kappa shape index (κ1) is 16.8. The van der Waals surface area contributed by atoms with E-state index >= 15 is 0 Å². The maximum atomic E-state index is 12.1. The molecule has 128 valence electrons. The minimum Gasteiger partial charge on any atom is -0.494 e. The van der Waals surface area contributed by atoms with Gasteiger partial charge in [-0.15, -0.1) is 0 Å². The quantitative estimate of drug-likeness (QED) is 0.752. The van der Waals surface area contributed by atoms with E-state index in [-0.39, 0.29) is 18.6 Å². The van der Waals surface area contributed by atoms with Crippen LogP contribution in [0.25, 0.3) is 0 Å². The van der Waals surface area contributed by atoms with E-state index in [4.69, 9.17) is 4.74 Å². The molecule has 3 rings (SSSR count). The van der Waals surface area contributed by atoms with E-state index in [1.54, 1.807) is 0 Å². The van der Waals surface area contributed by atoms with E-state index in [0.29, 0.717) is 6.61 Å². The Morgan fingerprint density at radius 1 is 1.46 bits per heavy atom. The van der Waals surface area contributed by atoms with Gasteiger partial charge in [0.2, 0.25) is 0 Å². The van der Waals surface area contributed by atoms with Gasteiger partial charge in [0, 0.05) is 6.54 Å². The van der Waals surface area contributed by atoms with Gasteiger partial charge in [0.05, 0.1) is 18.8 Å². The Morgan fingerprint density at radius 3 is 3.08 bits per heavy atom. The molecule has 2 amide bonds. The van der Waals surface area contributed by atoms with Gasteiger partial charge in [-0.25, -0.2) is 4.79 Å². The molecule has 1 aromatic heterocycles. The molecule has 1 aliphatic rings. The molecule has 0 unspecified atom stereocenters. The number of nitrogens with one attached hydrogen (secondary N) is 2. The number of benzene rings is 1. The summed E-state index contributed by atoms with van der Waals surface area (Å²) in [7, 11) is 0. The second-order valence-electron chi connectivity index (χ2n) is 5.78. The summed E-state index contributed by atoms with van der Waals surface area (Å²) >= 11 is 1.53. The number of hydrogen-bond donors (Lipinski definition) is 3. The largest absolute Gasteiger partial charge is 0.494 e. The summed E-state index contributed by atoms with van der Waals surface area (Å²) in [6, 6.07) is 7.56. The minimum absolute atomic E-state index is 0.0151. The molecule has 1 aromatic carbocycles. The summed E-state index contributed by atoms with van der Waals surface area (Å²) < 4.78 is 5.66. The van der Waals surface area contributed by atoms with Crippen molar-refractivity contribution in [3.05, 3.63) is 51.7 Å². The highest BCUT2D eigenvalue weighted by Gasteiger charge is 2.26. The summed E-state index contributed by atoms with van der Waals surface area (Å²) in [5.41, 5.74) is 3.13. The molecule has 3 N–H and O–H groups in total. The third-order valence-corrected chi connectivity index (χ3v) is 4.92. The van der Waals surface area contributed by atoms with E-state index in [1.165, 1.54) is 16.9 Å². The van der Waals surface area contributed by atoms with Gasteiger partial charge in [0.15, 0.2) is 0 Å². The van der Waals surface area contributed by atoms with Gasteiger partial charge in [-0.2, -0.15) is 11.3 Å². The van der Waals surface area contributed by atoms with Crippen molar-refractivity contribution in [2.45, 2.75) is 31.9 Å². The van der Waals surface area contributed by atoms with Crippen molar-refractivity contribution in [2.24, 2.45) is 0 Å². The maximum Gasteiger partial charge on any atom is 0.315 e. The normalized spacial score (nSPS) is 17.2. The van der Waals surface area contributed by atoms with Crippen LogP contribution in [0.5, 0.6) is 5.75 Å². The van der Waals surface area contributed by atoms with Gasteiger partial charge in [-0.1, -0.05) is 12.1 Å². The summed E-state index contributed by atoms with van der Waals surface area (Å²) in [5, 5.41) is 19.5. The summed E-state index contributed by atoms with van der Waals surface area (Å²) in [6.45, 7) is 2.80. The molecule has 0 saturated heterocycles. The number of ether oxygens (including phenoxy) is 1. The van der Waals surface area contributed by atoms with Gasteiger partial charge in [-0.05, 0) is 59.3 Å². The molecular weight excluding hydrogens is 324 g/mol. The Kier molecular flexibility index (Phi) is 5.37. The molecule has 6 heteroatoms. The average molecular weight is 346 g/mol. The van der Waals surface area contributed by atoms with Crippen molar-refractivity contribution in [1.29, 1.82) is 0 Å². The van der Waals surface area contributed by atoms with Crippen LogP contribution in [0.15, 0.2) is 35.0 Å². The number of amides is 2. The Balaban J connectivity index is 1.56. The molecule has 0 aliphatic heterocycles. The van der Waals surface area contributed by atoms with E-state index in [1.807, 2.05) is 41.9 Å². The van der Waals surface area contributed by atoms with Gasteiger partial charge in [-0.3, -0.25) is 0 Å². The molecule has 2 atom stereocenters. The first-order chi connectivity index (χ1) is 11.7. The molecule has 0 saturated carbocycles. The Morgan fingerprint density at radius 2 is 2.33 bits per heavy atom. The Labute approximate surface area is 145 Å². The summed E-state index contributed by atoms with van der Waals surface area (Å²) in [4.78, 5) is 12.1. The van der Waals surface area contributed by atoms with E-state index < -0.39 is 6.10 Å². The van der Waals surface area contributed by atoms with Crippen molar-refractivity contribution >= 4 is 17.4 Å². The summed E-state index contributed by atoms with van der Waals surface area (Å²) in [6.07, 6.45) is 1.08. The number of hydrogen-bond acceptors (Lipinski definition) is 4. The number of aliphatic hydroxyl groups excluding tert-OH is 1. The SMILES string of the molecule is CCOc1cccc2c1CC[C@H]2NC(=O)NC[C@@H](O)c1ccsc1. The van der Waals surface area contributed by atoms with Gasteiger partial charge in [0.1, 0.15) is 5.75 Å². The third kappa shape index (κ3) is 3.71. The van der Waals surface area contributed by atoms with E-state index in [2.05, 4.69) is 10.6 Å². The van der Waals surface area contributed by atoms with Gasteiger partial charge < -0.3 is 20.5 Å². The van der Waals surface area contributed by atoms with Crippen LogP contribution in [0.1, 0.15) is 42.2 Å².